The summed E-state index contributed by atoms with van der Waals surface area (Å²) < 4.78 is 2.73. The molecule has 1 fully saturated rings. The molecule has 3 N–H and O–H groups in total. The van der Waals surface area contributed by atoms with Crippen LogP contribution >= 0.6 is 15.9 Å². The molecule has 0 amide bonds. The lowest BCUT2D eigenvalue weighted by Gasteiger charge is -2.09. The fraction of sp³-hybridized carbons (Fsp3) is 0.455. The second-order valence-electron chi connectivity index (χ2n) is 4.47. The summed E-state index contributed by atoms with van der Waals surface area (Å²) in [7, 11) is 0. The summed E-state index contributed by atoms with van der Waals surface area (Å²) in [6, 6.07) is 4.08. The third kappa shape index (κ3) is 2.42. The van der Waals surface area contributed by atoms with E-state index in [2.05, 4.69) is 31.3 Å². The molecular formula is C11H14BrN5. The van der Waals surface area contributed by atoms with E-state index in [4.69, 9.17) is 5.73 Å². The van der Waals surface area contributed by atoms with Crippen LogP contribution in [0, 0.1) is 5.92 Å². The number of pyridine rings is 1. The van der Waals surface area contributed by atoms with Crippen molar-refractivity contribution in [1.29, 1.82) is 0 Å². The van der Waals surface area contributed by atoms with Crippen LogP contribution in [0.15, 0.2) is 22.8 Å². The predicted molar refractivity (Wildman–Crippen MR) is 69.9 cm³/mol. The van der Waals surface area contributed by atoms with Gasteiger partial charge < -0.3 is 11.1 Å². The van der Waals surface area contributed by atoms with Crippen molar-refractivity contribution in [2.75, 3.05) is 11.9 Å². The Morgan fingerprint density at radius 1 is 1.53 bits per heavy atom. The number of anilines is 1. The average Bonchev–Trinajstić information content (AvgIpc) is 3.07. The molecular weight excluding hydrogens is 282 g/mol. The van der Waals surface area contributed by atoms with Crippen LogP contribution in [0.1, 0.15) is 12.8 Å². The zero-order valence-electron chi connectivity index (χ0n) is 9.31. The van der Waals surface area contributed by atoms with E-state index < -0.39 is 0 Å². The number of fused-ring (bicyclic) bond motifs is 1. The first-order valence-corrected chi connectivity index (χ1v) is 6.53. The minimum atomic E-state index is 0.216. The summed E-state index contributed by atoms with van der Waals surface area (Å²) in [5.74, 6) is 1.33. The summed E-state index contributed by atoms with van der Waals surface area (Å²) >= 11 is 3.40. The van der Waals surface area contributed by atoms with Gasteiger partial charge in [0.2, 0.25) is 5.95 Å². The van der Waals surface area contributed by atoms with Gasteiger partial charge in [0.15, 0.2) is 5.65 Å². The molecule has 17 heavy (non-hydrogen) atoms. The van der Waals surface area contributed by atoms with Gasteiger partial charge in [0.05, 0.1) is 0 Å². The largest absolute Gasteiger partial charge is 0.351 e. The van der Waals surface area contributed by atoms with Crippen LogP contribution in [0.2, 0.25) is 0 Å². The second kappa shape index (κ2) is 4.27. The van der Waals surface area contributed by atoms with Gasteiger partial charge in [-0.2, -0.15) is 4.98 Å². The SMILES string of the molecule is NC(CNc1nc2ccc(Br)cn2n1)C1CC1. The molecule has 0 aliphatic heterocycles. The predicted octanol–water partition coefficient (Wildman–Crippen LogP) is 1.64. The van der Waals surface area contributed by atoms with Gasteiger partial charge in [-0.15, -0.1) is 5.10 Å². The molecule has 1 aliphatic rings. The summed E-state index contributed by atoms with van der Waals surface area (Å²) in [5.41, 5.74) is 6.84. The van der Waals surface area contributed by atoms with E-state index in [0.29, 0.717) is 11.9 Å². The van der Waals surface area contributed by atoms with Gasteiger partial charge in [-0.25, -0.2) is 4.52 Å². The summed E-state index contributed by atoms with van der Waals surface area (Å²) in [5, 5.41) is 7.53. The van der Waals surface area contributed by atoms with Gasteiger partial charge >= 0.3 is 0 Å². The maximum absolute atomic E-state index is 6.01. The number of hydrogen-bond donors (Lipinski definition) is 2. The van der Waals surface area contributed by atoms with Crippen LogP contribution in [0.4, 0.5) is 5.95 Å². The lowest BCUT2D eigenvalue weighted by Crippen LogP contribution is -2.31. The number of halogens is 1. The average molecular weight is 296 g/mol. The van der Waals surface area contributed by atoms with Crippen LogP contribution in [0.5, 0.6) is 0 Å². The lowest BCUT2D eigenvalue weighted by atomic mass is 10.2. The van der Waals surface area contributed by atoms with Gasteiger partial charge in [-0.1, -0.05) is 0 Å². The van der Waals surface area contributed by atoms with Gasteiger partial charge in [-0.3, -0.25) is 0 Å². The summed E-state index contributed by atoms with van der Waals surface area (Å²) in [6.07, 6.45) is 4.40. The molecule has 1 atom stereocenters. The lowest BCUT2D eigenvalue weighted by molar-refractivity contribution is 0.618. The highest BCUT2D eigenvalue weighted by molar-refractivity contribution is 9.10. The maximum Gasteiger partial charge on any atom is 0.243 e. The van der Waals surface area contributed by atoms with Gasteiger partial charge in [0.1, 0.15) is 0 Å². The molecule has 1 saturated carbocycles. The van der Waals surface area contributed by atoms with Crippen molar-refractivity contribution in [2.24, 2.45) is 11.7 Å². The zero-order valence-corrected chi connectivity index (χ0v) is 10.9. The van der Waals surface area contributed by atoms with Crippen molar-refractivity contribution in [3.8, 4) is 0 Å². The molecule has 0 radical (unpaired) electrons. The van der Waals surface area contributed by atoms with Crippen LogP contribution in [-0.2, 0) is 0 Å². The monoisotopic (exact) mass is 295 g/mol. The highest BCUT2D eigenvalue weighted by Crippen LogP contribution is 2.31. The van der Waals surface area contributed by atoms with Crippen molar-refractivity contribution in [3.63, 3.8) is 0 Å². The van der Waals surface area contributed by atoms with Crippen LogP contribution < -0.4 is 11.1 Å². The zero-order chi connectivity index (χ0) is 11.8. The first-order chi connectivity index (χ1) is 8.22. The molecule has 0 bridgehead atoms. The molecule has 5 nitrogen and oxygen atoms in total. The Morgan fingerprint density at radius 2 is 2.35 bits per heavy atom. The van der Waals surface area contributed by atoms with Crippen molar-refractivity contribution >= 4 is 27.5 Å². The molecule has 2 aromatic heterocycles. The van der Waals surface area contributed by atoms with Crippen LogP contribution in [0.3, 0.4) is 0 Å². The quantitative estimate of drug-likeness (QED) is 0.900. The third-order valence-electron chi connectivity index (χ3n) is 3.02. The van der Waals surface area contributed by atoms with Crippen LogP contribution in [-0.4, -0.2) is 27.2 Å². The fourth-order valence-corrected chi connectivity index (χ4v) is 2.16. The van der Waals surface area contributed by atoms with E-state index in [9.17, 15) is 0 Å². The number of aromatic nitrogens is 3. The minimum absolute atomic E-state index is 0.216. The first-order valence-electron chi connectivity index (χ1n) is 5.74. The molecule has 0 saturated heterocycles. The first kappa shape index (κ1) is 11.0. The Bertz CT molecular complexity index is 534. The summed E-state index contributed by atoms with van der Waals surface area (Å²) in [6.45, 7) is 0.739. The smallest absolute Gasteiger partial charge is 0.243 e. The number of rotatable bonds is 4. The molecule has 6 heteroatoms. The maximum atomic E-state index is 6.01. The number of nitrogens with one attached hydrogen (secondary N) is 1. The summed E-state index contributed by atoms with van der Waals surface area (Å²) in [4.78, 5) is 4.37. The van der Waals surface area contributed by atoms with E-state index in [0.717, 1.165) is 16.7 Å². The molecule has 90 valence electrons. The van der Waals surface area contributed by atoms with Crippen molar-refractivity contribution in [2.45, 2.75) is 18.9 Å². The molecule has 0 aromatic carbocycles. The molecule has 1 aliphatic carbocycles. The fourth-order valence-electron chi connectivity index (χ4n) is 1.83. The van der Waals surface area contributed by atoms with E-state index in [1.807, 2.05) is 18.3 Å². The second-order valence-corrected chi connectivity index (χ2v) is 5.38. The Labute approximate surface area is 108 Å². The van der Waals surface area contributed by atoms with E-state index in [1.165, 1.54) is 12.8 Å². The normalized spacial score (nSPS) is 17.3. The van der Waals surface area contributed by atoms with Gasteiger partial charge in [0, 0.05) is 23.3 Å². The standard InChI is InChI=1S/C11H14BrN5/c12-8-3-4-10-15-11(16-17(10)6-8)14-5-9(13)7-1-2-7/h3-4,6-7,9H,1-2,5,13H2,(H,14,16). The highest BCUT2D eigenvalue weighted by atomic mass is 79.9. The molecule has 3 rings (SSSR count). The minimum Gasteiger partial charge on any atom is -0.351 e. The molecule has 1 unspecified atom stereocenters. The Balaban J connectivity index is 1.72. The van der Waals surface area contributed by atoms with Gasteiger partial charge in [-0.05, 0) is 46.8 Å². The van der Waals surface area contributed by atoms with E-state index >= 15 is 0 Å². The van der Waals surface area contributed by atoms with Crippen molar-refractivity contribution < 1.29 is 0 Å². The van der Waals surface area contributed by atoms with Crippen molar-refractivity contribution in [3.05, 3.63) is 22.8 Å². The number of hydrogen-bond acceptors (Lipinski definition) is 4. The Hall–Kier alpha value is -1.14. The topological polar surface area (TPSA) is 68.2 Å². The number of nitrogens with zero attached hydrogens (tertiary/aromatic N) is 3. The van der Waals surface area contributed by atoms with E-state index in [-0.39, 0.29) is 6.04 Å². The third-order valence-corrected chi connectivity index (χ3v) is 3.49. The molecule has 0 spiro atoms. The Morgan fingerprint density at radius 3 is 3.12 bits per heavy atom. The molecule has 2 aromatic rings. The van der Waals surface area contributed by atoms with Crippen molar-refractivity contribution in [1.82, 2.24) is 14.6 Å². The van der Waals surface area contributed by atoms with E-state index in [1.54, 1.807) is 4.52 Å². The molecule has 2 heterocycles. The number of nitrogens with two attached hydrogens (primary N) is 1. The van der Waals surface area contributed by atoms with Gasteiger partial charge in [0.25, 0.3) is 0 Å². The Kier molecular flexibility index (Phi) is 2.76. The highest BCUT2D eigenvalue weighted by Gasteiger charge is 2.28. The van der Waals surface area contributed by atoms with Crippen LogP contribution in [0.25, 0.3) is 5.65 Å².